The Labute approximate surface area is 93.3 Å². The van der Waals surface area contributed by atoms with E-state index < -0.39 is 10.4 Å². The van der Waals surface area contributed by atoms with E-state index >= 15 is 0 Å². The molecule has 0 unspecified atom stereocenters. The van der Waals surface area contributed by atoms with Crippen molar-refractivity contribution < 1.29 is 17.5 Å². The fraction of sp³-hybridized carbons (Fsp3) is 0.100. The van der Waals surface area contributed by atoms with Gasteiger partial charge in [0, 0.05) is 21.5 Å². The highest BCUT2D eigenvalue weighted by Gasteiger charge is 1.90. The van der Waals surface area contributed by atoms with Crippen LogP contribution in [-0.2, 0) is 10.4 Å². The van der Waals surface area contributed by atoms with Gasteiger partial charge in [0.2, 0.25) is 0 Å². The van der Waals surface area contributed by atoms with Gasteiger partial charge < -0.3 is 9.11 Å². The van der Waals surface area contributed by atoms with Crippen molar-refractivity contribution in [2.75, 3.05) is 0 Å². The van der Waals surface area contributed by atoms with Gasteiger partial charge in [-0.05, 0) is 19.1 Å². The predicted octanol–water partition coefficient (Wildman–Crippen LogP) is 1.21. The highest BCUT2D eigenvalue weighted by atomic mass is 32.3. The van der Waals surface area contributed by atoms with Gasteiger partial charge in [0.15, 0.2) is 0 Å². The monoisotopic (exact) mass is 239 g/mol. The largest absolute Gasteiger partial charge is 0.759 e. The summed E-state index contributed by atoms with van der Waals surface area (Å²) >= 11 is 0. The van der Waals surface area contributed by atoms with E-state index in [0.29, 0.717) is 0 Å². The summed E-state index contributed by atoms with van der Waals surface area (Å²) in [6.45, 7) is 2.01. The molecule has 6 heteroatoms. The first-order chi connectivity index (χ1) is 7.36. The summed E-state index contributed by atoms with van der Waals surface area (Å²) in [6, 6.07) is 12.3. The van der Waals surface area contributed by atoms with E-state index in [1.807, 2.05) is 31.2 Å². The molecule has 0 N–H and O–H groups in total. The lowest BCUT2D eigenvalue weighted by molar-refractivity contribution is 0.352. The molecule has 16 heavy (non-hydrogen) atoms. The van der Waals surface area contributed by atoms with E-state index in [0.717, 1.165) is 11.2 Å². The third kappa shape index (κ3) is 4.83. The van der Waals surface area contributed by atoms with Crippen LogP contribution in [0.3, 0.4) is 0 Å². The molecule has 0 bridgehead atoms. The Bertz CT molecular complexity index is 572. The second-order valence-electron chi connectivity index (χ2n) is 3.05. The third-order valence-electron chi connectivity index (χ3n) is 1.74. The maximum Gasteiger partial charge on any atom is 0.0705 e. The molecular formula is C10H9NO4S-2. The molecular weight excluding hydrogens is 230 g/mol. The molecule has 1 heterocycles. The standard InChI is InChI=1S/C10H9N.H2O4S/c1-8-6-7-9-4-2-3-5-10(9)11-8;1-5(2,3)4/h2-7H,1H3;(H2,1,2,3,4)/p-2. The number of hydrogen-bond acceptors (Lipinski definition) is 5. The zero-order valence-corrected chi connectivity index (χ0v) is 9.27. The number of aromatic nitrogens is 1. The van der Waals surface area contributed by atoms with Crippen LogP contribution in [0.5, 0.6) is 0 Å². The van der Waals surface area contributed by atoms with Crippen molar-refractivity contribution in [3.05, 3.63) is 42.1 Å². The van der Waals surface area contributed by atoms with Crippen molar-refractivity contribution in [2.24, 2.45) is 0 Å². The summed E-state index contributed by atoms with van der Waals surface area (Å²) in [4.78, 5) is 4.38. The molecule has 0 radical (unpaired) electrons. The Hall–Kier alpha value is -1.50. The number of pyridine rings is 1. The molecule has 0 aliphatic carbocycles. The first-order valence-corrected chi connectivity index (χ1v) is 5.69. The van der Waals surface area contributed by atoms with Gasteiger partial charge in [0.25, 0.3) is 0 Å². The molecule has 1 aromatic heterocycles. The quantitative estimate of drug-likeness (QED) is 0.508. The third-order valence-corrected chi connectivity index (χ3v) is 1.74. The SMILES string of the molecule is Cc1ccc2ccccc2n1.O=S(=O)([O-])[O-]. The highest BCUT2D eigenvalue weighted by Crippen LogP contribution is 2.10. The fourth-order valence-electron chi connectivity index (χ4n) is 1.17. The first kappa shape index (κ1) is 12.6. The van der Waals surface area contributed by atoms with Gasteiger partial charge in [-0.25, -0.2) is 0 Å². The molecule has 0 aliphatic rings. The number of para-hydroxylation sites is 1. The average Bonchev–Trinajstić information content (AvgIpc) is 2.15. The number of aryl methyl sites for hydroxylation is 1. The van der Waals surface area contributed by atoms with Crippen LogP contribution in [0, 0.1) is 6.92 Å². The molecule has 2 aromatic rings. The van der Waals surface area contributed by atoms with Crippen molar-refractivity contribution in [3.63, 3.8) is 0 Å². The van der Waals surface area contributed by atoms with E-state index in [1.165, 1.54) is 5.39 Å². The first-order valence-electron chi connectivity index (χ1n) is 4.35. The van der Waals surface area contributed by atoms with E-state index in [-0.39, 0.29) is 0 Å². The zero-order chi connectivity index (χ0) is 12.2. The molecule has 0 fully saturated rings. The van der Waals surface area contributed by atoms with Crippen molar-refractivity contribution in [3.8, 4) is 0 Å². The van der Waals surface area contributed by atoms with Crippen LogP contribution in [-0.4, -0.2) is 22.5 Å². The summed E-state index contributed by atoms with van der Waals surface area (Å²) in [7, 11) is -5.17. The van der Waals surface area contributed by atoms with Gasteiger partial charge >= 0.3 is 0 Å². The van der Waals surface area contributed by atoms with E-state index in [4.69, 9.17) is 17.5 Å². The molecule has 0 aliphatic heterocycles. The zero-order valence-electron chi connectivity index (χ0n) is 8.45. The Morgan fingerprint density at radius 2 is 1.62 bits per heavy atom. The molecule has 0 saturated carbocycles. The molecule has 0 atom stereocenters. The maximum absolute atomic E-state index is 8.52. The molecule has 0 spiro atoms. The fourth-order valence-corrected chi connectivity index (χ4v) is 1.17. The van der Waals surface area contributed by atoms with Gasteiger partial charge in [0.05, 0.1) is 5.52 Å². The molecule has 0 saturated heterocycles. The van der Waals surface area contributed by atoms with Crippen LogP contribution in [0.15, 0.2) is 36.4 Å². The minimum atomic E-state index is -5.17. The van der Waals surface area contributed by atoms with Crippen molar-refractivity contribution in [1.82, 2.24) is 4.98 Å². The summed E-state index contributed by atoms with van der Waals surface area (Å²) in [5, 5.41) is 1.21. The summed E-state index contributed by atoms with van der Waals surface area (Å²) in [6.07, 6.45) is 0. The second kappa shape index (κ2) is 5.02. The number of nitrogens with zero attached hydrogens (tertiary/aromatic N) is 1. The number of fused-ring (bicyclic) bond motifs is 1. The van der Waals surface area contributed by atoms with Gasteiger partial charge in [-0.3, -0.25) is 13.4 Å². The summed E-state index contributed by atoms with van der Waals surface area (Å²) in [5.74, 6) is 0. The van der Waals surface area contributed by atoms with Crippen LogP contribution >= 0.6 is 0 Å². The van der Waals surface area contributed by atoms with E-state index in [9.17, 15) is 0 Å². The Kier molecular flexibility index (Phi) is 3.94. The van der Waals surface area contributed by atoms with Crippen LogP contribution in [0.4, 0.5) is 0 Å². The van der Waals surface area contributed by atoms with E-state index in [1.54, 1.807) is 0 Å². The lowest BCUT2D eigenvalue weighted by atomic mass is 10.2. The van der Waals surface area contributed by atoms with Gasteiger partial charge in [0.1, 0.15) is 0 Å². The van der Waals surface area contributed by atoms with Crippen molar-refractivity contribution in [2.45, 2.75) is 6.92 Å². The van der Waals surface area contributed by atoms with Crippen LogP contribution in [0.1, 0.15) is 5.69 Å². The van der Waals surface area contributed by atoms with Gasteiger partial charge in [-0.15, -0.1) is 0 Å². The molecule has 5 nitrogen and oxygen atoms in total. The van der Waals surface area contributed by atoms with Crippen molar-refractivity contribution >= 4 is 21.3 Å². The smallest absolute Gasteiger partial charge is 0.0705 e. The van der Waals surface area contributed by atoms with Gasteiger partial charge in [-0.2, -0.15) is 0 Å². The van der Waals surface area contributed by atoms with Crippen molar-refractivity contribution in [1.29, 1.82) is 0 Å². The minimum Gasteiger partial charge on any atom is -0.759 e. The number of rotatable bonds is 0. The lowest BCUT2D eigenvalue weighted by Crippen LogP contribution is -1.91. The van der Waals surface area contributed by atoms with Gasteiger partial charge in [-0.1, -0.05) is 24.3 Å². The topological polar surface area (TPSA) is 93.2 Å². The Morgan fingerprint density at radius 3 is 2.25 bits per heavy atom. The Balaban J connectivity index is 0.000000221. The van der Waals surface area contributed by atoms with Crippen LogP contribution in [0.25, 0.3) is 10.9 Å². The van der Waals surface area contributed by atoms with E-state index in [2.05, 4.69) is 17.1 Å². The molecule has 1 aromatic carbocycles. The summed E-state index contributed by atoms with van der Waals surface area (Å²) in [5.41, 5.74) is 2.15. The minimum absolute atomic E-state index is 1.07. The molecule has 2 rings (SSSR count). The second-order valence-corrected chi connectivity index (χ2v) is 3.87. The Morgan fingerprint density at radius 1 is 1.06 bits per heavy atom. The lowest BCUT2D eigenvalue weighted by Gasteiger charge is -2.06. The normalized spacial score (nSPS) is 10.7. The average molecular weight is 239 g/mol. The van der Waals surface area contributed by atoms with Crippen LogP contribution in [0.2, 0.25) is 0 Å². The maximum atomic E-state index is 8.52. The molecule has 86 valence electrons. The number of hydrogen-bond donors (Lipinski definition) is 0. The van der Waals surface area contributed by atoms with Crippen LogP contribution < -0.4 is 0 Å². The highest BCUT2D eigenvalue weighted by molar-refractivity contribution is 7.79. The predicted molar refractivity (Wildman–Crippen MR) is 57.0 cm³/mol. The molecule has 0 amide bonds. The number of benzene rings is 1. The summed E-state index contributed by atoms with van der Waals surface area (Å²) < 4.78 is 34.1.